The van der Waals surface area contributed by atoms with Crippen molar-refractivity contribution in [2.75, 3.05) is 6.54 Å². The molecule has 0 aromatic heterocycles. The smallest absolute Gasteiger partial charge is 0.251 e. The normalized spacial score (nSPS) is 24.7. The number of nitrogens with one attached hydrogen (secondary N) is 3. The molecule has 6 nitrogen and oxygen atoms in total. The number of carbonyl (C=O) groups is 2. The van der Waals surface area contributed by atoms with Crippen LogP contribution in [0.4, 0.5) is 0 Å². The Morgan fingerprint density at radius 3 is 2.68 bits per heavy atom. The summed E-state index contributed by atoms with van der Waals surface area (Å²) in [4.78, 5) is 24.7. The zero-order valence-corrected chi connectivity index (χ0v) is 17.4. The van der Waals surface area contributed by atoms with Crippen LogP contribution < -0.4 is 16.0 Å². The molecule has 2 bridgehead atoms. The van der Waals surface area contributed by atoms with Crippen molar-refractivity contribution in [2.45, 2.75) is 50.2 Å². The molecule has 2 heterocycles. The summed E-state index contributed by atoms with van der Waals surface area (Å²) < 4.78 is 0. The minimum atomic E-state index is -0.549. The molecule has 2 amide bonds. The fraction of sp³-hybridized carbons (Fsp3) is 0.400. The summed E-state index contributed by atoms with van der Waals surface area (Å²) in [6.45, 7) is 0.689. The van der Waals surface area contributed by atoms with Gasteiger partial charge in [-0.25, -0.2) is 0 Å². The van der Waals surface area contributed by atoms with Crippen molar-refractivity contribution in [3.8, 4) is 17.2 Å². The van der Waals surface area contributed by atoms with E-state index >= 15 is 0 Å². The second-order valence-electron chi connectivity index (χ2n) is 8.88. The van der Waals surface area contributed by atoms with E-state index in [2.05, 4.69) is 22.0 Å². The molecule has 3 N–H and O–H groups in total. The zero-order chi connectivity index (χ0) is 21.4. The largest absolute Gasteiger partial charge is 0.352 e. The first-order chi connectivity index (χ1) is 15.1. The highest BCUT2D eigenvalue weighted by Gasteiger charge is 2.43. The highest BCUT2D eigenvalue weighted by Crippen LogP contribution is 2.35. The number of nitrogens with zero attached hydrogens (tertiary/aromatic N) is 1. The number of hydrogen-bond donors (Lipinski definition) is 3. The molecule has 2 aromatic carbocycles. The number of rotatable bonds is 5. The Bertz CT molecular complexity index is 1060. The molecule has 158 valence electrons. The van der Waals surface area contributed by atoms with Crippen LogP contribution in [0.5, 0.6) is 0 Å². The van der Waals surface area contributed by atoms with Crippen molar-refractivity contribution in [1.82, 2.24) is 16.0 Å². The van der Waals surface area contributed by atoms with Crippen molar-refractivity contribution in [3.63, 3.8) is 0 Å². The van der Waals surface area contributed by atoms with Gasteiger partial charge in [0.2, 0.25) is 5.91 Å². The number of nitriles is 1. The molecule has 4 atom stereocenters. The number of piperidine rings is 1. The summed E-state index contributed by atoms with van der Waals surface area (Å²) in [5.41, 5.74) is 4.84. The highest BCUT2D eigenvalue weighted by atomic mass is 16.2. The van der Waals surface area contributed by atoms with Crippen molar-refractivity contribution in [3.05, 3.63) is 59.2 Å². The second kappa shape index (κ2) is 8.16. The third kappa shape index (κ3) is 3.94. The van der Waals surface area contributed by atoms with Crippen molar-refractivity contribution in [1.29, 1.82) is 5.26 Å². The van der Waals surface area contributed by atoms with Gasteiger partial charge in [-0.15, -0.1) is 0 Å². The number of amides is 2. The molecule has 2 fully saturated rings. The summed E-state index contributed by atoms with van der Waals surface area (Å²) in [7, 11) is 0. The topological polar surface area (TPSA) is 94.0 Å². The lowest BCUT2D eigenvalue weighted by atomic mass is 9.94. The zero-order valence-electron chi connectivity index (χ0n) is 17.4. The third-order valence-corrected chi connectivity index (χ3v) is 6.88. The van der Waals surface area contributed by atoms with Gasteiger partial charge in [0.05, 0.1) is 12.1 Å². The van der Waals surface area contributed by atoms with Gasteiger partial charge in [-0.3, -0.25) is 9.59 Å². The number of hydrogen-bond acceptors (Lipinski definition) is 4. The molecular formula is C25H26N4O2. The van der Waals surface area contributed by atoms with Crippen LogP contribution in [0.15, 0.2) is 42.5 Å². The summed E-state index contributed by atoms with van der Waals surface area (Å²) in [5.74, 6) is 0.335. The number of benzene rings is 2. The molecule has 1 aliphatic carbocycles. The van der Waals surface area contributed by atoms with E-state index in [0.29, 0.717) is 24.9 Å². The Labute approximate surface area is 182 Å². The lowest BCUT2D eigenvalue weighted by Gasteiger charge is -2.23. The Hall–Kier alpha value is -3.17. The summed E-state index contributed by atoms with van der Waals surface area (Å²) in [6.07, 6.45) is 4.65. The quantitative estimate of drug-likeness (QED) is 0.700. The van der Waals surface area contributed by atoms with Gasteiger partial charge in [-0.1, -0.05) is 36.4 Å². The Morgan fingerprint density at radius 2 is 1.97 bits per heavy atom. The molecule has 3 aliphatic rings. The lowest BCUT2D eigenvalue weighted by Crippen LogP contribution is -2.50. The van der Waals surface area contributed by atoms with Gasteiger partial charge < -0.3 is 16.0 Å². The summed E-state index contributed by atoms with van der Waals surface area (Å²) in [6, 6.07) is 16.0. The first kappa shape index (κ1) is 19.8. The molecule has 6 heteroatoms. The van der Waals surface area contributed by atoms with Crippen LogP contribution in [0.3, 0.4) is 0 Å². The predicted molar refractivity (Wildman–Crippen MR) is 117 cm³/mol. The molecule has 0 spiro atoms. The summed E-state index contributed by atoms with van der Waals surface area (Å²) >= 11 is 0. The predicted octanol–water partition coefficient (Wildman–Crippen LogP) is 2.33. The molecule has 31 heavy (non-hydrogen) atoms. The lowest BCUT2D eigenvalue weighted by molar-refractivity contribution is -0.124. The van der Waals surface area contributed by atoms with Gasteiger partial charge >= 0.3 is 0 Å². The molecule has 1 saturated heterocycles. The Morgan fingerprint density at radius 1 is 1.16 bits per heavy atom. The Kier molecular flexibility index (Phi) is 5.21. The van der Waals surface area contributed by atoms with E-state index in [-0.39, 0.29) is 17.9 Å². The van der Waals surface area contributed by atoms with Crippen LogP contribution in [0, 0.1) is 17.2 Å². The number of fused-ring (bicyclic) bond motifs is 3. The second-order valence-corrected chi connectivity index (χ2v) is 8.88. The van der Waals surface area contributed by atoms with Crippen LogP contribution >= 0.6 is 0 Å². The SMILES string of the molecule is N#C[C@H](Cc1ccc(-c2ccc3c(c2)C(=O)NCC3)cc1)NC(=O)[C@H]1N[C@@H]2CC[C@H]1C2. The average molecular weight is 415 g/mol. The first-order valence-corrected chi connectivity index (χ1v) is 11.1. The molecule has 1 saturated carbocycles. The van der Waals surface area contributed by atoms with Crippen molar-refractivity contribution >= 4 is 11.8 Å². The number of carbonyl (C=O) groups excluding carboxylic acids is 2. The molecule has 0 unspecified atom stereocenters. The van der Waals surface area contributed by atoms with E-state index in [9.17, 15) is 14.9 Å². The van der Waals surface area contributed by atoms with E-state index in [1.54, 1.807) is 0 Å². The van der Waals surface area contributed by atoms with E-state index < -0.39 is 6.04 Å². The van der Waals surface area contributed by atoms with Crippen LogP contribution in [0.1, 0.15) is 40.7 Å². The maximum absolute atomic E-state index is 12.6. The van der Waals surface area contributed by atoms with Gasteiger partial charge in [0.25, 0.3) is 5.91 Å². The van der Waals surface area contributed by atoms with E-state index in [1.165, 1.54) is 0 Å². The molecular weight excluding hydrogens is 388 g/mol. The minimum Gasteiger partial charge on any atom is -0.352 e. The van der Waals surface area contributed by atoms with Crippen LogP contribution in [-0.2, 0) is 17.6 Å². The van der Waals surface area contributed by atoms with Gasteiger partial charge in [0.1, 0.15) is 6.04 Å². The van der Waals surface area contributed by atoms with Crippen molar-refractivity contribution in [2.24, 2.45) is 5.92 Å². The van der Waals surface area contributed by atoms with Crippen LogP contribution in [0.25, 0.3) is 11.1 Å². The Balaban J connectivity index is 1.24. The highest BCUT2D eigenvalue weighted by molar-refractivity contribution is 5.98. The summed E-state index contributed by atoms with van der Waals surface area (Å²) in [5, 5.41) is 18.8. The van der Waals surface area contributed by atoms with Gasteiger partial charge in [0.15, 0.2) is 0 Å². The maximum atomic E-state index is 12.6. The van der Waals surface area contributed by atoms with Crippen molar-refractivity contribution < 1.29 is 9.59 Å². The fourth-order valence-corrected chi connectivity index (χ4v) is 5.20. The first-order valence-electron chi connectivity index (χ1n) is 11.1. The standard InChI is InChI=1S/C25H26N4O2/c26-14-21(29-25(31)23-19-7-8-20(12-19)28-23)11-15-1-3-16(4-2-15)18-6-5-17-9-10-27-24(30)22(17)13-18/h1-6,13,19-21,23,28H,7-12H2,(H,27,30)(H,29,31)/t19-,20+,21-,23-/m0/s1. The average Bonchev–Trinajstić information content (AvgIpc) is 3.43. The molecule has 2 aliphatic heterocycles. The monoisotopic (exact) mass is 414 g/mol. The van der Waals surface area contributed by atoms with E-state index in [1.807, 2.05) is 42.5 Å². The van der Waals surface area contributed by atoms with Gasteiger partial charge in [-0.05, 0) is 59.9 Å². The molecule has 5 rings (SSSR count). The van der Waals surface area contributed by atoms with Crippen LogP contribution in [-0.4, -0.2) is 36.5 Å². The van der Waals surface area contributed by atoms with Crippen LogP contribution in [0.2, 0.25) is 0 Å². The van der Waals surface area contributed by atoms with E-state index in [0.717, 1.165) is 53.5 Å². The minimum absolute atomic E-state index is 0.0164. The fourth-order valence-electron chi connectivity index (χ4n) is 5.20. The van der Waals surface area contributed by atoms with Gasteiger partial charge in [0, 0.05) is 24.6 Å². The molecule has 2 aromatic rings. The molecule has 0 radical (unpaired) electrons. The van der Waals surface area contributed by atoms with E-state index in [4.69, 9.17) is 0 Å². The van der Waals surface area contributed by atoms with Gasteiger partial charge in [-0.2, -0.15) is 5.26 Å². The third-order valence-electron chi connectivity index (χ3n) is 6.88. The maximum Gasteiger partial charge on any atom is 0.251 e.